The van der Waals surface area contributed by atoms with Crippen LogP contribution in [0, 0.1) is 11.8 Å². The second-order valence-corrected chi connectivity index (χ2v) is 6.18. The van der Waals surface area contributed by atoms with Crippen LogP contribution in [0.15, 0.2) is 18.6 Å². The molecule has 2 amide bonds. The zero-order valence-corrected chi connectivity index (χ0v) is 12.3. The van der Waals surface area contributed by atoms with E-state index in [4.69, 9.17) is 0 Å². The van der Waals surface area contributed by atoms with Gasteiger partial charge in [-0.25, -0.2) is 9.97 Å². The minimum absolute atomic E-state index is 0.0226. The van der Waals surface area contributed by atoms with Gasteiger partial charge in [-0.3, -0.25) is 9.59 Å². The Labute approximate surface area is 124 Å². The van der Waals surface area contributed by atoms with Crippen LogP contribution in [0.4, 0.5) is 0 Å². The fourth-order valence-electron chi connectivity index (χ4n) is 2.93. The van der Waals surface area contributed by atoms with Crippen LogP contribution in [0.2, 0.25) is 0 Å². The summed E-state index contributed by atoms with van der Waals surface area (Å²) in [4.78, 5) is 34.9. The minimum atomic E-state index is -0.428. The summed E-state index contributed by atoms with van der Waals surface area (Å²) in [5, 5.41) is 2.91. The van der Waals surface area contributed by atoms with E-state index in [-0.39, 0.29) is 23.8 Å². The molecule has 1 N–H and O–H groups in total. The van der Waals surface area contributed by atoms with Crippen molar-refractivity contribution < 1.29 is 9.59 Å². The Hall–Kier alpha value is -1.98. The second-order valence-electron chi connectivity index (χ2n) is 6.18. The van der Waals surface area contributed by atoms with E-state index in [0.717, 1.165) is 18.5 Å². The molecule has 1 aliphatic carbocycles. The van der Waals surface area contributed by atoms with Gasteiger partial charge in [-0.1, -0.05) is 13.8 Å². The minimum Gasteiger partial charge on any atom is -0.342 e. The van der Waals surface area contributed by atoms with Crippen molar-refractivity contribution in [1.29, 1.82) is 0 Å². The van der Waals surface area contributed by atoms with Gasteiger partial charge in [0.15, 0.2) is 0 Å². The molecule has 6 heteroatoms. The molecule has 0 spiro atoms. The summed E-state index contributed by atoms with van der Waals surface area (Å²) < 4.78 is 0. The highest BCUT2D eigenvalue weighted by Crippen LogP contribution is 2.36. The molecule has 2 heterocycles. The molecule has 1 saturated carbocycles. The monoisotopic (exact) mass is 288 g/mol. The normalized spacial score (nSPS) is 26.1. The molecule has 1 aliphatic heterocycles. The molecule has 21 heavy (non-hydrogen) atoms. The van der Waals surface area contributed by atoms with Crippen LogP contribution in [0.1, 0.15) is 32.4 Å². The smallest absolute Gasteiger partial charge is 0.246 e. The Morgan fingerprint density at radius 1 is 1.38 bits per heavy atom. The maximum Gasteiger partial charge on any atom is 0.246 e. The van der Waals surface area contributed by atoms with Crippen molar-refractivity contribution in [3.05, 3.63) is 24.3 Å². The van der Waals surface area contributed by atoms with Crippen molar-refractivity contribution in [3.63, 3.8) is 0 Å². The third-order valence-electron chi connectivity index (χ3n) is 4.15. The Kier molecular flexibility index (Phi) is 3.61. The van der Waals surface area contributed by atoms with Gasteiger partial charge in [-0.2, -0.15) is 0 Å². The van der Waals surface area contributed by atoms with E-state index in [0.29, 0.717) is 12.5 Å². The zero-order chi connectivity index (χ0) is 15.0. The summed E-state index contributed by atoms with van der Waals surface area (Å²) in [6.45, 7) is 4.28. The Morgan fingerprint density at radius 3 is 2.71 bits per heavy atom. The van der Waals surface area contributed by atoms with Crippen LogP contribution in [0.25, 0.3) is 0 Å². The molecule has 112 valence electrons. The number of carbonyl (C=O) groups is 2. The van der Waals surface area contributed by atoms with Gasteiger partial charge in [0.05, 0.1) is 12.2 Å². The van der Waals surface area contributed by atoms with Crippen molar-refractivity contribution in [2.24, 2.45) is 11.8 Å². The molecule has 2 atom stereocenters. The van der Waals surface area contributed by atoms with Gasteiger partial charge >= 0.3 is 0 Å². The van der Waals surface area contributed by atoms with E-state index in [9.17, 15) is 9.59 Å². The molecule has 0 radical (unpaired) electrons. The number of rotatable bonds is 4. The van der Waals surface area contributed by atoms with Crippen molar-refractivity contribution in [1.82, 2.24) is 20.2 Å². The molecule has 1 saturated heterocycles. The SMILES string of the molecule is CC(C)C1C(=O)NC(C2CC2)C(=O)N1Cc1ccncn1. The number of hydrogen-bond donors (Lipinski definition) is 1. The first-order valence-electron chi connectivity index (χ1n) is 7.43. The number of nitrogens with one attached hydrogen (secondary N) is 1. The number of hydrogen-bond acceptors (Lipinski definition) is 4. The molecule has 1 aromatic rings. The molecular weight excluding hydrogens is 268 g/mol. The summed E-state index contributed by atoms with van der Waals surface area (Å²) in [7, 11) is 0. The van der Waals surface area contributed by atoms with E-state index in [1.54, 1.807) is 17.2 Å². The highest BCUT2D eigenvalue weighted by atomic mass is 16.2. The lowest BCUT2D eigenvalue weighted by atomic mass is 9.95. The molecule has 2 unspecified atom stereocenters. The predicted molar refractivity (Wildman–Crippen MR) is 75.9 cm³/mol. The fraction of sp³-hybridized carbons (Fsp3) is 0.600. The lowest BCUT2D eigenvalue weighted by molar-refractivity contribution is -0.152. The van der Waals surface area contributed by atoms with Crippen LogP contribution in [0.3, 0.4) is 0 Å². The average molecular weight is 288 g/mol. The number of carbonyl (C=O) groups excluding carboxylic acids is 2. The van der Waals surface area contributed by atoms with Crippen molar-refractivity contribution in [2.75, 3.05) is 0 Å². The molecule has 2 aliphatic rings. The van der Waals surface area contributed by atoms with E-state index >= 15 is 0 Å². The van der Waals surface area contributed by atoms with E-state index < -0.39 is 6.04 Å². The van der Waals surface area contributed by atoms with E-state index in [1.165, 1.54) is 6.33 Å². The van der Waals surface area contributed by atoms with Crippen LogP contribution in [0.5, 0.6) is 0 Å². The molecule has 2 fully saturated rings. The summed E-state index contributed by atoms with van der Waals surface area (Å²) in [5.74, 6) is 0.350. The first kappa shape index (κ1) is 14.0. The van der Waals surface area contributed by atoms with Crippen LogP contribution >= 0.6 is 0 Å². The van der Waals surface area contributed by atoms with Crippen LogP contribution < -0.4 is 5.32 Å². The summed E-state index contributed by atoms with van der Waals surface area (Å²) >= 11 is 0. The topological polar surface area (TPSA) is 75.2 Å². The Bertz CT molecular complexity index is 542. The first-order chi connectivity index (χ1) is 10.1. The standard InChI is InChI=1S/C15H20N4O2/c1-9(2)13-14(20)18-12(10-3-4-10)15(21)19(13)7-11-5-6-16-8-17-11/h5-6,8-10,12-13H,3-4,7H2,1-2H3,(H,18,20). The lowest BCUT2D eigenvalue weighted by Crippen LogP contribution is -2.65. The Morgan fingerprint density at radius 2 is 2.14 bits per heavy atom. The number of nitrogens with zero attached hydrogens (tertiary/aromatic N) is 3. The van der Waals surface area contributed by atoms with E-state index in [1.807, 2.05) is 13.8 Å². The predicted octanol–water partition coefficient (Wildman–Crippen LogP) is 0.738. The third-order valence-corrected chi connectivity index (χ3v) is 4.15. The quantitative estimate of drug-likeness (QED) is 0.886. The highest BCUT2D eigenvalue weighted by Gasteiger charge is 2.47. The molecule has 6 nitrogen and oxygen atoms in total. The summed E-state index contributed by atoms with van der Waals surface area (Å²) in [6.07, 6.45) is 5.15. The van der Waals surface area contributed by atoms with Crippen LogP contribution in [-0.4, -0.2) is 38.8 Å². The van der Waals surface area contributed by atoms with Crippen molar-refractivity contribution in [3.8, 4) is 0 Å². The highest BCUT2D eigenvalue weighted by molar-refractivity contribution is 5.97. The van der Waals surface area contributed by atoms with Gasteiger partial charge in [-0.05, 0) is 30.7 Å². The van der Waals surface area contributed by atoms with Gasteiger partial charge in [0.2, 0.25) is 11.8 Å². The number of piperazine rings is 1. The third kappa shape index (κ3) is 2.75. The molecule has 3 rings (SSSR count). The maximum atomic E-state index is 12.7. The second kappa shape index (κ2) is 5.42. The lowest BCUT2D eigenvalue weighted by Gasteiger charge is -2.40. The average Bonchev–Trinajstić information content (AvgIpc) is 3.27. The van der Waals surface area contributed by atoms with Gasteiger partial charge in [-0.15, -0.1) is 0 Å². The van der Waals surface area contributed by atoms with Gasteiger partial charge in [0, 0.05) is 6.20 Å². The molecular formula is C15H20N4O2. The Balaban J connectivity index is 1.86. The summed E-state index contributed by atoms with van der Waals surface area (Å²) in [6, 6.07) is 1.00. The number of amides is 2. The molecule has 1 aromatic heterocycles. The van der Waals surface area contributed by atoms with Crippen LogP contribution in [-0.2, 0) is 16.1 Å². The molecule has 0 bridgehead atoms. The van der Waals surface area contributed by atoms with E-state index in [2.05, 4.69) is 15.3 Å². The largest absolute Gasteiger partial charge is 0.342 e. The van der Waals surface area contributed by atoms with Crippen molar-refractivity contribution in [2.45, 2.75) is 45.3 Å². The number of aromatic nitrogens is 2. The molecule has 0 aromatic carbocycles. The zero-order valence-electron chi connectivity index (χ0n) is 12.3. The maximum absolute atomic E-state index is 12.7. The van der Waals surface area contributed by atoms with Gasteiger partial charge in [0.25, 0.3) is 0 Å². The van der Waals surface area contributed by atoms with Gasteiger partial charge in [0.1, 0.15) is 18.4 Å². The van der Waals surface area contributed by atoms with Gasteiger partial charge < -0.3 is 10.2 Å². The summed E-state index contributed by atoms with van der Waals surface area (Å²) in [5.41, 5.74) is 0.758. The van der Waals surface area contributed by atoms with Crippen molar-refractivity contribution >= 4 is 11.8 Å². The fourth-order valence-corrected chi connectivity index (χ4v) is 2.93. The first-order valence-corrected chi connectivity index (χ1v) is 7.43.